The van der Waals surface area contributed by atoms with Crippen LogP contribution in [0, 0.1) is 0 Å². The highest BCUT2D eigenvalue weighted by atomic mass is 31.2. The zero-order chi connectivity index (χ0) is 28.3. The number of phenols is 1. The van der Waals surface area contributed by atoms with E-state index in [9.17, 15) is 9.67 Å². The van der Waals surface area contributed by atoms with Crippen LogP contribution < -0.4 is 4.90 Å². The Morgan fingerprint density at radius 1 is 0.923 bits per heavy atom. The first kappa shape index (κ1) is 32.6. The van der Waals surface area contributed by atoms with Crippen molar-refractivity contribution in [2.45, 2.75) is 59.8 Å². The Labute approximate surface area is 236 Å². The van der Waals surface area contributed by atoms with Gasteiger partial charge in [-0.25, -0.2) is 0 Å². The fraction of sp³-hybridized carbons (Fsp3) is 0.469. The highest BCUT2D eigenvalue weighted by Gasteiger charge is 2.22. The van der Waals surface area contributed by atoms with Gasteiger partial charge in [0.05, 0.1) is 19.4 Å². The van der Waals surface area contributed by atoms with Crippen LogP contribution in [0.3, 0.4) is 0 Å². The monoisotopic (exact) mass is 554 g/mol. The van der Waals surface area contributed by atoms with E-state index in [1.54, 1.807) is 12.3 Å². The summed E-state index contributed by atoms with van der Waals surface area (Å²) < 4.78 is 23.3. The minimum atomic E-state index is -3.04. The number of nitrogens with zero attached hydrogens (tertiary/aromatic N) is 2. The third kappa shape index (κ3) is 11.9. The van der Waals surface area contributed by atoms with Crippen molar-refractivity contribution < 1.29 is 18.7 Å². The van der Waals surface area contributed by atoms with Gasteiger partial charge in [-0.05, 0) is 68.5 Å². The molecule has 0 aromatic heterocycles. The van der Waals surface area contributed by atoms with Crippen LogP contribution in [0.15, 0.2) is 65.7 Å². The minimum Gasteiger partial charge on any atom is -0.507 e. The van der Waals surface area contributed by atoms with Crippen LogP contribution >= 0.6 is 7.60 Å². The predicted molar refractivity (Wildman–Crippen MR) is 167 cm³/mol. The van der Waals surface area contributed by atoms with E-state index in [1.807, 2.05) is 44.2 Å². The van der Waals surface area contributed by atoms with Crippen LogP contribution in [0.25, 0.3) is 11.6 Å². The molecule has 7 heteroatoms. The van der Waals surface area contributed by atoms with Gasteiger partial charge < -0.3 is 19.1 Å². The second kappa shape index (κ2) is 18.6. The lowest BCUT2D eigenvalue weighted by Crippen LogP contribution is -2.25. The van der Waals surface area contributed by atoms with E-state index < -0.39 is 7.60 Å². The molecule has 0 amide bonds. The normalized spacial score (nSPS) is 12.6. The molecule has 0 aliphatic carbocycles. The SMILES string of the molecule is CCCCN(CCCC)c1ccc(/C=C\C(=CC=NCCCP(=O)(OCC)OCC)c2ccccc2O)cc1. The maximum atomic E-state index is 12.6. The van der Waals surface area contributed by atoms with E-state index in [1.165, 1.54) is 31.4 Å². The van der Waals surface area contributed by atoms with Gasteiger partial charge in [0, 0.05) is 37.1 Å². The Hall–Kier alpha value is -2.66. The summed E-state index contributed by atoms with van der Waals surface area (Å²) >= 11 is 0. The third-order valence-corrected chi connectivity index (χ3v) is 8.39. The summed E-state index contributed by atoms with van der Waals surface area (Å²) in [4.78, 5) is 6.95. The molecule has 6 nitrogen and oxygen atoms in total. The van der Waals surface area contributed by atoms with Gasteiger partial charge in [0.1, 0.15) is 5.75 Å². The number of aromatic hydroxyl groups is 1. The number of benzene rings is 2. The first-order valence-corrected chi connectivity index (χ1v) is 16.1. The smallest absolute Gasteiger partial charge is 0.330 e. The van der Waals surface area contributed by atoms with E-state index >= 15 is 0 Å². The molecule has 0 saturated carbocycles. The third-order valence-electron chi connectivity index (χ3n) is 6.22. The molecule has 0 unspecified atom stereocenters. The Kier molecular flexibility index (Phi) is 15.5. The van der Waals surface area contributed by atoms with E-state index in [2.05, 4.69) is 54.1 Å². The zero-order valence-electron chi connectivity index (χ0n) is 24.2. The fourth-order valence-corrected chi connectivity index (χ4v) is 5.77. The summed E-state index contributed by atoms with van der Waals surface area (Å²) in [5.74, 6) is 0.217. The van der Waals surface area contributed by atoms with Gasteiger partial charge in [-0.15, -0.1) is 0 Å². The molecular weight excluding hydrogens is 507 g/mol. The van der Waals surface area contributed by atoms with Gasteiger partial charge in [0.2, 0.25) is 0 Å². The molecule has 0 radical (unpaired) electrons. The average molecular weight is 555 g/mol. The van der Waals surface area contributed by atoms with Gasteiger partial charge >= 0.3 is 7.60 Å². The minimum absolute atomic E-state index is 0.217. The van der Waals surface area contributed by atoms with Crippen molar-refractivity contribution in [1.29, 1.82) is 0 Å². The van der Waals surface area contributed by atoms with Crippen LogP contribution in [-0.2, 0) is 13.6 Å². The van der Waals surface area contributed by atoms with E-state index in [0.29, 0.717) is 32.3 Å². The second-order valence-electron chi connectivity index (χ2n) is 9.34. The maximum absolute atomic E-state index is 12.6. The standard InChI is InChI=1S/C32H47N2O4P/c1-5-9-25-34(26-10-6-2)30-20-17-28(18-21-30)16-19-29(31-14-11-12-15-32(31)35)22-24-33-23-13-27-39(36,37-7-3)38-8-4/h11-12,14-22,24,35H,5-10,13,23,25-27H2,1-4H3/b19-16-,29-22?,33-24?. The molecule has 2 aromatic rings. The van der Waals surface area contributed by atoms with Crippen molar-refractivity contribution >= 4 is 31.1 Å². The van der Waals surface area contributed by atoms with Gasteiger partial charge in [0.25, 0.3) is 0 Å². The molecule has 2 aromatic carbocycles. The van der Waals surface area contributed by atoms with E-state index in [-0.39, 0.29) is 5.75 Å². The number of phenolic OH excluding ortho intramolecular Hbond substituents is 1. The van der Waals surface area contributed by atoms with Crippen molar-refractivity contribution in [3.8, 4) is 5.75 Å². The van der Waals surface area contributed by atoms with Gasteiger partial charge in [-0.2, -0.15) is 0 Å². The highest BCUT2D eigenvalue weighted by molar-refractivity contribution is 7.53. The molecule has 214 valence electrons. The number of unbranched alkanes of at least 4 members (excludes halogenated alkanes) is 2. The van der Waals surface area contributed by atoms with E-state index in [0.717, 1.165) is 29.8 Å². The molecule has 0 fully saturated rings. The van der Waals surface area contributed by atoms with Gasteiger partial charge in [-0.1, -0.05) is 69.2 Å². The van der Waals surface area contributed by atoms with E-state index in [4.69, 9.17) is 9.05 Å². The fourth-order valence-electron chi connectivity index (χ4n) is 4.13. The van der Waals surface area contributed by atoms with Crippen molar-refractivity contribution in [2.24, 2.45) is 4.99 Å². The van der Waals surface area contributed by atoms with Crippen LogP contribution in [0.4, 0.5) is 5.69 Å². The Morgan fingerprint density at radius 2 is 1.56 bits per heavy atom. The molecule has 0 aliphatic heterocycles. The lowest BCUT2D eigenvalue weighted by molar-refractivity contribution is 0.220. The molecule has 2 rings (SSSR count). The Balaban J connectivity index is 2.13. The Bertz CT molecular complexity index is 1080. The zero-order valence-corrected chi connectivity index (χ0v) is 25.1. The van der Waals surface area contributed by atoms with Crippen LogP contribution in [-0.4, -0.2) is 50.3 Å². The quantitative estimate of drug-likeness (QED) is 0.0814. The van der Waals surface area contributed by atoms with Crippen LogP contribution in [0.2, 0.25) is 0 Å². The summed E-state index contributed by atoms with van der Waals surface area (Å²) in [7, 11) is -3.04. The lowest BCUT2D eigenvalue weighted by atomic mass is 10.0. The summed E-state index contributed by atoms with van der Waals surface area (Å²) in [6.07, 6.45) is 13.4. The second-order valence-corrected chi connectivity index (χ2v) is 11.5. The number of anilines is 1. The highest BCUT2D eigenvalue weighted by Crippen LogP contribution is 2.48. The predicted octanol–water partition coefficient (Wildman–Crippen LogP) is 8.62. The molecule has 0 spiro atoms. The van der Waals surface area contributed by atoms with Crippen molar-refractivity contribution in [3.05, 3.63) is 71.8 Å². The molecule has 0 atom stereocenters. The molecule has 0 bridgehead atoms. The van der Waals surface area contributed by atoms with Crippen molar-refractivity contribution in [1.82, 2.24) is 0 Å². The number of rotatable bonds is 19. The Morgan fingerprint density at radius 3 is 2.15 bits per heavy atom. The van der Waals surface area contributed by atoms with Crippen LogP contribution in [0.1, 0.15) is 70.9 Å². The van der Waals surface area contributed by atoms with Crippen LogP contribution in [0.5, 0.6) is 5.75 Å². The topological polar surface area (TPSA) is 71.4 Å². The summed E-state index contributed by atoms with van der Waals surface area (Å²) in [6, 6.07) is 16.0. The number of aliphatic imine (C=N–C) groups is 1. The first-order valence-electron chi connectivity index (χ1n) is 14.4. The van der Waals surface area contributed by atoms with Gasteiger partial charge in [-0.3, -0.25) is 9.56 Å². The summed E-state index contributed by atoms with van der Waals surface area (Å²) in [6.45, 7) is 11.5. The molecule has 1 N–H and O–H groups in total. The van der Waals surface area contributed by atoms with Crippen molar-refractivity contribution in [2.75, 3.05) is 43.9 Å². The van der Waals surface area contributed by atoms with Crippen molar-refractivity contribution in [3.63, 3.8) is 0 Å². The average Bonchev–Trinajstić information content (AvgIpc) is 2.93. The number of hydrogen-bond donors (Lipinski definition) is 1. The summed E-state index contributed by atoms with van der Waals surface area (Å²) in [5, 5.41) is 10.5. The first-order chi connectivity index (χ1) is 19.0. The maximum Gasteiger partial charge on any atom is 0.330 e. The molecule has 0 saturated heterocycles. The summed E-state index contributed by atoms with van der Waals surface area (Å²) in [5.41, 5.74) is 3.93. The largest absolute Gasteiger partial charge is 0.507 e. The number of para-hydroxylation sites is 1. The number of hydrogen-bond acceptors (Lipinski definition) is 6. The lowest BCUT2D eigenvalue weighted by Gasteiger charge is -2.24. The van der Waals surface area contributed by atoms with Gasteiger partial charge in [0.15, 0.2) is 0 Å². The molecule has 39 heavy (non-hydrogen) atoms. The molecule has 0 aliphatic rings. The molecular formula is C32H47N2O4P. The number of allylic oxidation sites excluding steroid dienone is 3. The molecule has 0 heterocycles.